The Morgan fingerprint density at radius 3 is 2.00 bits per heavy atom. The SMILES string of the molecule is COC(=O)N[C@H](C(=O)N1CCC[C@H]1c1ncc(-c2cc(C)c(C#CC#Cc3cnc(C4CCCN4C(=O)[C@H](NC(=O)OC)c4ccccc4)[nH]3)c(-c3ccccc3)c2)[nH]1)C(C)C. The summed E-state index contributed by atoms with van der Waals surface area (Å²) >= 11 is 0. The van der Waals surface area contributed by atoms with E-state index in [0.29, 0.717) is 42.4 Å². The van der Waals surface area contributed by atoms with Crippen LogP contribution >= 0.6 is 0 Å². The van der Waals surface area contributed by atoms with Gasteiger partial charge in [-0.2, -0.15) is 0 Å². The highest BCUT2D eigenvalue weighted by Crippen LogP contribution is 2.36. The van der Waals surface area contributed by atoms with Gasteiger partial charge < -0.3 is 39.9 Å². The maximum atomic E-state index is 13.9. The number of methoxy groups -OCH3 is 2. The first kappa shape index (κ1) is 42.8. The van der Waals surface area contributed by atoms with Crippen molar-refractivity contribution in [3.8, 4) is 46.1 Å². The van der Waals surface area contributed by atoms with Crippen LogP contribution in [0.1, 0.15) is 91.7 Å². The normalized spacial score (nSPS) is 16.7. The Kier molecular flexibility index (Phi) is 13.4. The van der Waals surface area contributed by atoms with Gasteiger partial charge in [-0.25, -0.2) is 19.6 Å². The van der Waals surface area contributed by atoms with Crippen LogP contribution < -0.4 is 10.6 Å². The lowest BCUT2D eigenvalue weighted by Crippen LogP contribution is -2.51. The van der Waals surface area contributed by atoms with Crippen LogP contribution in [0.5, 0.6) is 0 Å². The van der Waals surface area contributed by atoms with E-state index < -0.39 is 24.3 Å². The van der Waals surface area contributed by atoms with Gasteiger partial charge in [0.05, 0.1) is 44.4 Å². The Hall–Kier alpha value is -7.32. The number of ether oxygens (including phenoxy) is 2. The second kappa shape index (κ2) is 19.4. The summed E-state index contributed by atoms with van der Waals surface area (Å²) in [5, 5.41) is 5.40. The smallest absolute Gasteiger partial charge is 0.407 e. The van der Waals surface area contributed by atoms with E-state index in [9.17, 15) is 19.2 Å². The van der Waals surface area contributed by atoms with E-state index in [1.807, 2.05) is 69.3 Å². The first-order chi connectivity index (χ1) is 30.1. The number of hydrogen-bond acceptors (Lipinski definition) is 8. The summed E-state index contributed by atoms with van der Waals surface area (Å²) in [4.78, 5) is 71.5. The number of nitrogens with zero attached hydrogens (tertiary/aromatic N) is 4. The molecular formula is C48H50N8O6. The molecule has 0 spiro atoms. The minimum Gasteiger partial charge on any atom is -0.453 e. The number of rotatable bonds is 10. The van der Waals surface area contributed by atoms with E-state index in [1.165, 1.54) is 14.2 Å². The number of aryl methyl sites for hydroxylation is 1. The van der Waals surface area contributed by atoms with Crippen LogP contribution in [0.2, 0.25) is 0 Å². The van der Waals surface area contributed by atoms with Crippen molar-refractivity contribution < 1.29 is 28.7 Å². The topological polar surface area (TPSA) is 175 Å². The first-order valence-corrected chi connectivity index (χ1v) is 20.7. The molecule has 3 aromatic carbocycles. The highest BCUT2D eigenvalue weighted by atomic mass is 16.5. The van der Waals surface area contributed by atoms with Crippen molar-refractivity contribution in [2.24, 2.45) is 5.92 Å². The summed E-state index contributed by atoms with van der Waals surface area (Å²) in [7, 11) is 2.55. The number of H-pyrrole nitrogens is 2. The monoisotopic (exact) mass is 834 g/mol. The highest BCUT2D eigenvalue weighted by molar-refractivity contribution is 5.88. The predicted molar refractivity (Wildman–Crippen MR) is 233 cm³/mol. The van der Waals surface area contributed by atoms with Crippen molar-refractivity contribution in [3.63, 3.8) is 0 Å². The number of alkyl carbamates (subject to hydrolysis) is 2. The van der Waals surface area contributed by atoms with Crippen LogP contribution in [-0.4, -0.2) is 87.1 Å². The number of nitrogens with one attached hydrogen (secondary N) is 4. The summed E-state index contributed by atoms with van der Waals surface area (Å²) in [6, 6.07) is 21.1. The summed E-state index contributed by atoms with van der Waals surface area (Å²) in [5.74, 6) is 13.2. The molecule has 318 valence electrons. The zero-order chi connectivity index (χ0) is 43.8. The molecule has 0 saturated carbocycles. The van der Waals surface area contributed by atoms with Gasteiger partial charge in [0.15, 0.2) is 0 Å². The van der Waals surface area contributed by atoms with E-state index >= 15 is 0 Å². The Labute approximate surface area is 361 Å². The average Bonchev–Trinajstić information content (AvgIpc) is 4.14. The average molecular weight is 835 g/mol. The molecule has 2 fully saturated rings. The van der Waals surface area contributed by atoms with Crippen molar-refractivity contribution in [3.05, 3.63) is 119 Å². The lowest BCUT2D eigenvalue weighted by Gasteiger charge is -2.30. The van der Waals surface area contributed by atoms with E-state index in [1.54, 1.807) is 34.3 Å². The second-order valence-electron chi connectivity index (χ2n) is 15.7. The van der Waals surface area contributed by atoms with Gasteiger partial charge in [0.25, 0.3) is 5.91 Å². The lowest BCUT2D eigenvalue weighted by atomic mass is 9.93. The molecule has 2 aliphatic rings. The molecule has 0 aliphatic carbocycles. The molecule has 5 aromatic rings. The number of hydrogen-bond donors (Lipinski definition) is 4. The maximum absolute atomic E-state index is 13.9. The summed E-state index contributed by atoms with van der Waals surface area (Å²) < 4.78 is 9.61. The summed E-state index contributed by atoms with van der Waals surface area (Å²) in [6.07, 6.45) is 5.16. The van der Waals surface area contributed by atoms with Gasteiger partial charge >= 0.3 is 12.2 Å². The number of imidazole rings is 2. The Bertz CT molecular complexity index is 2540. The molecule has 0 bridgehead atoms. The molecule has 4 atom stereocenters. The molecule has 4 N–H and O–H groups in total. The van der Waals surface area contributed by atoms with E-state index in [2.05, 4.69) is 61.4 Å². The van der Waals surface area contributed by atoms with Crippen LogP contribution in [0.15, 0.2) is 85.2 Å². The van der Waals surface area contributed by atoms with Gasteiger partial charge in [0, 0.05) is 24.2 Å². The standard InChI is InChI=1S/C48H50N8O6/c1-30(2)41(53-47(59)61-4)45(57)55-24-15-23-40(55)44-50-29-38(52-44)34-26-31(3)36(37(27-34)32-16-8-6-9-17-32)21-13-12-20-35-28-49-43(51-35)39-22-14-25-56(39)46(58)42(54-48(60)62-5)33-18-10-7-11-19-33/h6-11,16-19,26-30,39-42H,14-15,22-25H2,1-5H3,(H,49,51)(H,50,52)(H,53,59)(H,54,60)/t39?,40-,41-,42+/m0/s1. The summed E-state index contributed by atoms with van der Waals surface area (Å²) in [6.45, 7) is 6.88. The van der Waals surface area contributed by atoms with Gasteiger partial charge in [-0.1, -0.05) is 80.4 Å². The molecule has 14 heteroatoms. The second-order valence-corrected chi connectivity index (χ2v) is 15.7. The van der Waals surface area contributed by atoms with Crippen LogP contribution in [0.3, 0.4) is 0 Å². The molecule has 0 radical (unpaired) electrons. The minimum atomic E-state index is -0.911. The van der Waals surface area contributed by atoms with E-state index in [4.69, 9.17) is 14.5 Å². The van der Waals surface area contributed by atoms with Crippen LogP contribution in [0.4, 0.5) is 9.59 Å². The molecule has 4 amide bonds. The third-order valence-corrected chi connectivity index (χ3v) is 11.3. The molecule has 2 saturated heterocycles. The number of aromatic nitrogens is 4. The molecule has 7 rings (SSSR count). The molecular weight excluding hydrogens is 785 g/mol. The van der Waals surface area contributed by atoms with Crippen molar-refractivity contribution in [1.82, 2.24) is 40.4 Å². The van der Waals surface area contributed by atoms with Crippen LogP contribution in [0, 0.1) is 36.5 Å². The molecule has 62 heavy (non-hydrogen) atoms. The van der Waals surface area contributed by atoms with Crippen LogP contribution in [0.25, 0.3) is 22.4 Å². The number of carbonyl (C=O) groups is 4. The molecule has 2 aliphatic heterocycles. The molecule has 1 unspecified atom stereocenters. The zero-order valence-electron chi connectivity index (χ0n) is 35.5. The van der Waals surface area contributed by atoms with Gasteiger partial charge in [-0.3, -0.25) is 9.59 Å². The molecule has 2 aromatic heterocycles. The molecule has 4 heterocycles. The van der Waals surface area contributed by atoms with Crippen molar-refractivity contribution >= 4 is 24.0 Å². The van der Waals surface area contributed by atoms with Crippen molar-refractivity contribution in [2.75, 3.05) is 27.3 Å². The van der Waals surface area contributed by atoms with Gasteiger partial charge in [0.1, 0.15) is 29.4 Å². The fraction of sp³-hybridized carbons (Fsp3) is 0.333. The van der Waals surface area contributed by atoms with Crippen molar-refractivity contribution in [2.45, 2.75) is 70.6 Å². The van der Waals surface area contributed by atoms with Crippen molar-refractivity contribution in [1.29, 1.82) is 0 Å². The van der Waals surface area contributed by atoms with E-state index in [0.717, 1.165) is 52.8 Å². The van der Waals surface area contributed by atoms with E-state index in [-0.39, 0.29) is 29.8 Å². The lowest BCUT2D eigenvalue weighted by molar-refractivity contribution is -0.135. The maximum Gasteiger partial charge on any atom is 0.407 e. The van der Waals surface area contributed by atoms with Crippen LogP contribution in [-0.2, 0) is 19.1 Å². The Balaban J connectivity index is 1.10. The Morgan fingerprint density at radius 1 is 0.742 bits per heavy atom. The minimum absolute atomic E-state index is 0.133. The number of likely N-dealkylation sites (tertiary alicyclic amines) is 2. The number of benzene rings is 3. The fourth-order valence-corrected chi connectivity index (χ4v) is 8.15. The third-order valence-electron chi connectivity index (χ3n) is 11.3. The number of amides is 4. The molecule has 14 nitrogen and oxygen atoms in total. The Morgan fingerprint density at radius 2 is 1.34 bits per heavy atom. The predicted octanol–water partition coefficient (Wildman–Crippen LogP) is 6.98. The van der Waals surface area contributed by atoms with Gasteiger partial charge in [-0.05, 0) is 90.7 Å². The number of aromatic amines is 2. The first-order valence-electron chi connectivity index (χ1n) is 20.7. The zero-order valence-corrected chi connectivity index (χ0v) is 35.5. The number of carbonyl (C=O) groups excluding carboxylic acids is 4. The van der Waals surface area contributed by atoms with Gasteiger partial charge in [-0.15, -0.1) is 0 Å². The largest absolute Gasteiger partial charge is 0.453 e. The quantitative estimate of drug-likeness (QED) is 0.109. The third kappa shape index (κ3) is 9.50. The highest BCUT2D eigenvalue weighted by Gasteiger charge is 2.38. The van der Waals surface area contributed by atoms with Gasteiger partial charge in [0.2, 0.25) is 5.91 Å². The summed E-state index contributed by atoms with van der Waals surface area (Å²) in [5.41, 5.74) is 6.64. The fourth-order valence-electron chi connectivity index (χ4n) is 8.15.